The Kier molecular flexibility index (Phi) is 5.54. The quantitative estimate of drug-likeness (QED) is 0.832. The van der Waals surface area contributed by atoms with Crippen molar-refractivity contribution in [3.05, 3.63) is 11.7 Å². The highest BCUT2D eigenvalue weighted by Crippen LogP contribution is 2.39. The predicted octanol–water partition coefficient (Wildman–Crippen LogP) is 2.81. The van der Waals surface area contributed by atoms with Gasteiger partial charge in [0.05, 0.1) is 0 Å². The summed E-state index contributed by atoms with van der Waals surface area (Å²) < 4.78 is 11.5. The average molecular weight is 281 g/mol. The van der Waals surface area contributed by atoms with Crippen molar-refractivity contribution in [2.75, 3.05) is 13.7 Å². The van der Waals surface area contributed by atoms with Crippen molar-refractivity contribution in [2.24, 2.45) is 0 Å². The molecule has 1 atom stereocenters. The van der Waals surface area contributed by atoms with Crippen LogP contribution in [-0.4, -0.2) is 29.8 Å². The molecule has 1 aliphatic rings. The van der Waals surface area contributed by atoms with E-state index in [4.69, 9.17) is 9.26 Å². The summed E-state index contributed by atoms with van der Waals surface area (Å²) in [7, 11) is 1.97. The smallest absolute Gasteiger partial charge is 0.228 e. The number of rotatable bonds is 7. The molecule has 0 bridgehead atoms. The van der Waals surface area contributed by atoms with Crippen molar-refractivity contribution in [2.45, 2.75) is 70.4 Å². The average Bonchev–Trinajstić information content (AvgIpc) is 2.95. The van der Waals surface area contributed by atoms with Crippen LogP contribution in [0.4, 0.5) is 0 Å². The highest BCUT2D eigenvalue weighted by molar-refractivity contribution is 5.04. The molecule has 114 valence electrons. The Hall–Kier alpha value is -0.940. The minimum absolute atomic E-state index is 0.309. The molecule has 0 radical (unpaired) electrons. The summed E-state index contributed by atoms with van der Waals surface area (Å²) in [5.74, 6) is 1.46. The standard InChI is InChI=1S/C15H27N3O2/c1-4-12(16-3)11-13-17-14(18-20-13)15(19-5-2)9-7-6-8-10-15/h12,16H,4-11H2,1-3H3. The summed E-state index contributed by atoms with van der Waals surface area (Å²) in [6, 6.07) is 0.387. The highest BCUT2D eigenvalue weighted by atomic mass is 16.5. The zero-order valence-electron chi connectivity index (χ0n) is 12.9. The molecule has 0 aromatic carbocycles. The fraction of sp³-hybridized carbons (Fsp3) is 0.867. The number of hydrogen-bond acceptors (Lipinski definition) is 5. The van der Waals surface area contributed by atoms with E-state index >= 15 is 0 Å². The second kappa shape index (κ2) is 7.18. The molecule has 1 N–H and O–H groups in total. The van der Waals surface area contributed by atoms with E-state index < -0.39 is 0 Å². The zero-order valence-corrected chi connectivity index (χ0v) is 12.9. The lowest BCUT2D eigenvalue weighted by molar-refractivity contribution is -0.0777. The second-order valence-electron chi connectivity index (χ2n) is 5.60. The van der Waals surface area contributed by atoms with Crippen LogP contribution in [0.15, 0.2) is 4.52 Å². The van der Waals surface area contributed by atoms with Crippen LogP contribution < -0.4 is 5.32 Å². The van der Waals surface area contributed by atoms with Crippen molar-refractivity contribution in [1.82, 2.24) is 15.5 Å². The van der Waals surface area contributed by atoms with E-state index in [-0.39, 0.29) is 5.60 Å². The van der Waals surface area contributed by atoms with Gasteiger partial charge in [-0.05, 0) is 33.2 Å². The van der Waals surface area contributed by atoms with Crippen LogP contribution in [0.1, 0.15) is 64.1 Å². The first-order valence-corrected chi connectivity index (χ1v) is 7.88. The molecular weight excluding hydrogens is 254 g/mol. The van der Waals surface area contributed by atoms with E-state index in [0.717, 1.165) is 31.5 Å². The third-order valence-corrected chi connectivity index (χ3v) is 4.28. The zero-order chi connectivity index (χ0) is 14.4. The SMILES string of the molecule is CCOC1(c2noc(CC(CC)NC)n2)CCCCC1. The molecule has 1 fully saturated rings. The molecule has 1 unspecified atom stereocenters. The molecule has 1 saturated carbocycles. The molecule has 1 aromatic heterocycles. The van der Waals surface area contributed by atoms with E-state index in [1.54, 1.807) is 0 Å². The Morgan fingerprint density at radius 1 is 1.30 bits per heavy atom. The Morgan fingerprint density at radius 3 is 2.65 bits per heavy atom. The van der Waals surface area contributed by atoms with Crippen LogP contribution in [0.5, 0.6) is 0 Å². The molecule has 0 aliphatic heterocycles. The summed E-state index contributed by atoms with van der Waals surface area (Å²) >= 11 is 0. The van der Waals surface area contributed by atoms with Gasteiger partial charge in [0.15, 0.2) is 0 Å². The first-order chi connectivity index (χ1) is 9.74. The van der Waals surface area contributed by atoms with Crippen LogP contribution in [0, 0.1) is 0 Å². The third-order valence-electron chi connectivity index (χ3n) is 4.28. The van der Waals surface area contributed by atoms with Crippen molar-refractivity contribution in [3.8, 4) is 0 Å². The van der Waals surface area contributed by atoms with Gasteiger partial charge in [0, 0.05) is 19.1 Å². The topological polar surface area (TPSA) is 60.2 Å². The molecule has 2 rings (SSSR count). The van der Waals surface area contributed by atoms with Gasteiger partial charge in [0.1, 0.15) is 5.60 Å². The third kappa shape index (κ3) is 3.38. The van der Waals surface area contributed by atoms with Gasteiger partial charge in [0.25, 0.3) is 0 Å². The number of hydrogen-bond donors (Lipinski definition) is 1. The fourth-order valence-corrected chi connectivity index (χ4v) is 3.02. The maximum atomic E-state index is 6.03. The first kappa shape index (κ1) is 15.4. The number of nitrogens with one attached hydrogen (secondary N) is 1. The molecule has 0 saturated heterocycles. The van der Waals surface area contributed by atoms with Crippen molar-refractivity contribution < 1.29 is 9.26 Å². The van der Waals surface area contributed by atoms with Crippen molar-refractivity contribution in [1.29, 1.82) is 0 Å². The molecule has 1 heterocycles. The molecule has 1 aliphatic carbocycles. The summed E-state index contributed by atoms with van der Waals surface area (Å²) in [4.78, 5) is 4.62. The lowest BCUT2D eigenvalue weighted by Crippen LogP contribution is -2.33. The Morgan fingerprint density at radius 2 is 2.05 bits per heavy atom. The molecule has 5 heteroatoms. The minimum Gasteiger partial charge on any atom is -0.367 e. The molecule has 1 aromatic rings. The lowest BCUT2D eigenvalue weighted by Gasteiger charge is -2.33. The van der Waals surface area contributed by atoms with Gasteiger partial charge in [-0.2, -0.15) is 4.98 Å². The van der Waals surface area contributed by atoms with Gasteiger partial charge < -0.3 is 14.6 Å². The molecule has 0 amide bonds. The van der Waals surface area contributed by atoms with E-state index in [9.17, 15) is 0 Å². The molecular formula is C15H27N3O2. The summed E-state index contributed by atoms with van der Waals surface area (Å²) in [5, 5.41) is 7.48. The predicted molar refractivity (Wildman–Crippen MR) is 77.5 cm³/mol. The van der Waals surface area contributed by atoms with Crippen LogP contribution in [0.25, 0.3) is 0 Å². The van der Waals surface area contributed by atoms with Gasteiger partial charge in [-0.15, -0.1) is 0 Å². The fourth-order valence-electron chi connectivity index (χ4n) is 3.02. The van der Waals surface area contributed by atoms with Crippen LogP contribution >= 0.6 is 0 Å². The van der Waals surface area contributed by atoms with Gasteiger partial charge in [0.2, 0.25) is 11.7 Å². The molecule has 20 heavy (non-hydrogen) atoms. The Labute approximate surface area is 121 Å². The Balaban J connectivity index is 2.12. The van der Waals surface area contributed by atoms with Crippen LogP contribution in [0.2, 0.25) is 0 Å². The summed E-state index contributed by atoms with van der Waals surface area (Å²) in [6.07, 6.45) is 7.46. The van der Waals surface area contributed by atoms with E-state index in [1.165, 1.54) is 19.3 Å². The maximum absolute atomic E-state index is 6.03. The van der Waals surface area contributed by atoms with Crippen molar-refractivity contribution >= 4 is 0 Å². The van der Waals surface area contributed by atoms with E-state index in [1.807, 2.05) is 14.0 Å². The first-order valence-electron chi connectivity index (χ1n) is 7.88. The summed E-state index contributed by atoms with van der Waals surface area (Å²) in [5.41, 5.74) is -0.309. The number of nitrogens with zero attached hydrogens (tertiary/aromatic N) is 2. The van der Waals surface area contributed by atoms with E-state index in [0.29, 0.717) is 18.5 Å². The minimum atomic E-state index is -0.309. The van der Waals surface area contributed by atoms with Gasteiger partial charge in [-0.1, -0.05) is 31.3 Å². The molecule has 0 spiro atoms. The highest BCUT2D eigenvalue weighted by Gasteiger charge is 2.39. The largest absolute Gasteiger partial charge is 0.367 e. The number of likely N-dealkylation sites (N-methyl/N-ethyl adjacent to an activating group) is 1. The summed E-state index contributed by atoms with van der Waals surface area (Å²) in [6.45, 7) is 4.88. The lowest BCUT2D eigenvalue weighted by atomic mass is 9.84. The molecule has 5 nitrogen and oxygen atoms in total. The van der Waals surface area contributed by atoms with Gasteiger partial charge in [-0.3, -0.25) is 0 Å². The van der Waals surface area contributed by atoms with Crippen LogP contribution in [-0.2, 0) is 16.8 Å². The van der Waals surface area contributed by atoms with Crippen molar-refractivity contribution in [3.63, 3.8) is 0 Å². The maximum Gasteiger partial charge on any atom is 0.228 e. The van der Waals surface area contributed by atoms with Crippen LogP contribution in [0.3, 0.4) is 0 Å². The monoisotopic (exact) mass is 281 g/mol. The normalized spacial score (nSPS) is 19.9. The number of aromatic nitrogens is 2. The number of ether oxygens (including phenoxy) is 1. The van der Waals surface area contributed by atoms with E-state index in [2.05, 4.69) is 22.4 Å². The Bertz CT molecular complexity index is 390. The van der Waals surface area contributed by atoms with Gasteiger partial charge >= 0.3 is 0 Å². The second-order valence-corrected chi connectivity index (χ2v) is 5.60. The van der Waals surface area contributed by atoms with Gasteiger partial charge in [-0.25, -0.2) is 0 Å².